The number of imide groups is 1. The van der Waals surface area contributed by atoms with Crippen molar-refractivity contribution in [1.29, 1.82) is 0 Å². The molecule has 1 aliphatic carbocycles. The van der Waals surface area contributed by atoms with E-state index in [9.17, 15) is 9.59 Å². The number of hydrogen-bond donors (Lipinski definition) is 3. The van der Waals surface area contributed by atoms with Crippen LogP contribution in [0.1, 0.15) is 33.6 Å². The minimum Gasteiger partial charge on any atom is -0.338 e. The molecule has 0 aromatic rings. The molecular weight excluding hydrogens is 194 g/mol. The summed E-state index contributed by atoms with van der Waals surface area (Å²) in [4.78, 5) is 22.6. The SMILES string of the molecule is CCNC(=O)NC(=O)C(C)NC1(C)CC1. The summed E-state index contributed by atoms with van der Waals surface area (Å²) >= 11 is 0. The lowest BCUT2D eigenvalue weighted by Gasteiger charge is -2.18. The van der Waals surface area contributed by atoms with Crippen molar-refractivity contribution >= 4 is 11.9 Å². The van der Waals surface area contributed by atoms with Crippen molar-refractivity contribution in [2.24, 2.45) is 0 Å². The molecule has 1 saturated carbocycles. The van der Waals surface area contributed by atoms with Crippen LogP contribution in [-0.2, 0) is 4.79 Å². The molecule has 3 amide bonds. The van der Waals surface area contributed by atoms with Gasteiger partial charge < -0.3 is 10.6 Å². The van der Waals surface area contributed by atoms with E-state index in [1.54, 1.807) is 13.8 Å². The Morgan fingerprint density at radius 2 is 2.00 bits per heavy atom. The number of rotatable bonds is 4. The highest BCUT2D eigenvalue weighted by Gasteiger charge is 2.39. The number of hydrogen-bond acceptors (Lipinski definition) is 3. The summed E-state index contributed by atoms with van der Waals surface area (Å²) < 4.78 is 0. The zero-order chi connectivity index (χ0) is 11.5. The van der Waals surface area contributed by atoms with Crippen LogP contribution in [0.15, 0.2) is 0 Å². The van der Waals surface area contributed by atoms with Crippen LogP contribution in [0.3, 0.4) is 0 Å². The van der Waals surface area contributed by atoms with E-state index in [1.165, 1.54) is 0 Å². The Morgan fingerprint density at radius 3 is 2.47 bits per heavy atom. The van der Waals surface area contributed by atoms with Crippen LogP contribution in [-0.4, -0.2) is 30.1 Å². The average molecular weight is 213 g/mol. The average Bonchev–Trinajstić information content (AvgIpc) is 2.83. The fourth-order valence-electron chi connectivity index (χ4n) is 1.34. The zero-order valence-corrected chi connectivity index (χ0v) is 9.52. The van der Waals surface area contributed by atoms with Crippen LogP contribution in [0.25, 0.3) is 0 Å². The smallest absolute Gasteiger partial charge is 0.321 e. The Balaban J connectivity index is 2.29. The van der Waals surface area contributed by atoms with Crippen molar-refractivity contribution in [2.45, 2.75) is 45.2 Å². The Bertz CT molecular complexity index is 261. The summed E-state index contributed by atoms with van der Waals surface area (Å²) in [5.41, 5.74) is 0.0952. The zero-order valence-electron chi connectivity index (χ0n) is 9.52. The minimum atomic E-state index is -0.433. The predicted octanol–water partition coefficient (Wildman–Crippen LogP) is 0.363. The van der Waals surface area contributed by atoms with Gasteiger partial charge in [0.25, 0.3) is 0 Å². The van der Waals surface area contributed by atoms with Gasteiger partial charge in [-0.1, -0.05) is 0 Å². The highest BCUT2D eigenvalue weighted by atomic mass is 16.2. The van der Waals surface area contributed by atoms with E-state index in [1.807, 2.05) is 0 Å². The Hall–Kier alpha value is -1.10. The molecule has 0 heterocycles. The van der Waals surface area contributed by atoms with Crippen molar-refractivity contribution in [3.63, 3.8) is 0 Å². The van der Waals surface area contributed by atoms with E-state index < -0.39 is 6.03 Å². The molecule has 1 rings (SSSR count). The van der Waals surface area contributed by atoms with Gasteiger partial charge in [-0.05, 0) is 33.6 Å². The summed E-state index contributed by atoms with van der Waals surface area (Å²) in [6, 6.07) is -0.766. The molecule has 1 fully saturated rings. The lowest BCUT2D eigenvalue weighted by Crippen LogP contribution is -2.50. The molecule has 0 aromatic heterocycles. The Kier molecular flexibility index (Phi) is 3.68. The highest BCUT2D eigenvalue weighted by molar-refractivity contribution is 5.96. The number of carbonyl (C=O) groups is 2. The third-order valence-electron chi connectivity index (χ3n) is 2.53. The number of nitrogens with one attached hydrogen (secondary N) is 3. The van der Waals surface area contributed by atoms with Crippen LogP contribution < -0.4 is 16.0 Å². The number of carbonyl (C=O) groups excluding carboxylic acids is 2. The summed E-state index contributed by atoms with van der Waals surface area (Å²) in [5, 5.41) is 7.98. The standard InChI is InChI=1S/C10H19N3O2/c1-4-11-9(15)12-8(14)7(2)13-10(3)5-6-10/h7,13H,4-6H2,1-3H3,(H2,11,12,14,15). The van der Waals surface area contributed by atoms with E-state index in [-0.39, 0.29) is 17.5 Å². The molecule has 1 aliphatic rings. The second kappa shape index (κ2) is 4.61. The molecule has 0 radical (unpaired) electrons. The van der Waals surface area contributed by atoms with Crippen molar-refractivity contribution in [3.05, 3.63) is 0 Å². The number of amides is 3. The second-order valence-corrected chi connectivity index (χ2v) is 4.28. The van der Waals surface area contributed by atoms with Crippen molar-refractivity contribution in [1.82, 2.24) is 16.0 Å². The van der Waals surface area contributed by atoms with Gasteiger partial charge in [0.2, 0.25) is 5.91 Å². The largest absolute Gasteiger partial charge is 0.338 e. The highest BCUT2D eigenvalue weighted by Crippen LogP contribution is 2.34. The molecule has 1 unspecified atom stereocenters. The maximum atomic E-state index is 11.5. The first kappa shape index (κ1) is 12.0. The summed E-state index contributed by atoms with van der Waals surface area (Å²) in [6.07, 6.45) is 2.18. The second-order valence-electron chi connectivity index (χ2n) is 4.28. The van der Waals surface area contributed by atoms with Crippen LogP contribution in [0.2, 0.25) is 0 Å². The van der Waals surface area contributed by atoms with Gasteiger partial charge in [-0.25, -0.2) is 4.79 Å². The third-order valence-corrected chi connectivity index (χ3v) is 2.53. The molecule has 0 bridgehead atoms. The van der Waals surface area contributed by atoms with Gasteiger partial charge in [0, 0.05) is 12.1 Å². The molecule has 15 heavy (non-hydrogen) atoms. The van der Waals surface area contributed by atoms with Gasteiger partial charge in [0.15, 0.2) is 0 Å². The first-order valence-corrected chi connectivity index (χ1v) is 5.33. The molecule has 5 heteroatoms. The first-order valence-electron chi connectivity index (χ1n) is 5.33. The van der Waals surface area contributed by atoms with E-state index in [0.717, 1.165) is 12.8 Å². The van der Waals surface area contributed by atoms with Crippen molar-refractivity contribution in [2.75, 3.05) is 6.54 Å². The molecule has 86 valence electrons. The number of urea groups is 1. The molecule has 5 nitrogen and oxygen atoms in total. The molecule has 0 saturated heterocycles. The summed E-state index contributed by atoms with van der Waals surface area (Å²) in [5.74, 6) is -0.283. The van der Waals surface area contributed by atoms with Gasteiger partial charge in [0.1, 0.15) is 0 Å². The van der Waals surface area contributed by atoms with Gasteiger partial charge in [0.05, 0.1) is 6.04 Å². The monoisotopic (exact) mass is 213 g/mol. The summed E-state index contributed by atoms with van der Waals surface area (Å²) in [6.45, 7) is 6.15. The van der Waals surface area contributed by atoms with E-state index in [4.69, 9.17) is 0 Å². The fraction of sp³-hybridized carbons (Fsp3) is 0.800. The van der Waals surface area contributed by atoms with Crippen LogP contribution >= 0.6 is 0 Å². The molecule has 0 aliphatic heterocycles. The van der Waals surface area contributed by atoms with Crippen LogP contribution in [0.5, 0.6) is 0 Å². The first-order chi connectivity index (χ1) is 6.97. The topological polar surface area (TPSA) is 70.2 Å². The predicted molar refractivity (Wildman–Crippen MR) is 57.5 cm³/mol. The third kappa shape index (κ3) is 3.87. The Labute approximate surface area is 90.0 Å². The minimum absolute atomic E-state index is 0.0952. The maximum absolute atomic E-state index is 11.5. The molecule has 0 aromatic carbocycles. The molecule has 3 N–H and O–H groups in total. The summed E-state index contributed by atoms with van der Waals surface area (Å²) in [7, 11) is 0. The Morgan fingerprint density at radius 1 is 1.40 bits per heavy atom. The van der Waals surface area contributed by atoms with Gasteiger partial charge in [-0.3, -0.25) is 10.1 Å². The van der Waals surface area contributed by atoms with Crippen molar-refractivity contribution in [3.8, 4) is 0 Å². The normalized spacial score (nSPS) is 19.1. The van der Waals surface area contributed by atoms with E-state index in [2.05, 4.69) is 22.9 Å². The quantitative estimate of drug-likeness (QED) is 0.631. The fourth-order valence-corrected chi connectivity index (χ4v) is 1.34. The lowest BCUT2D eigenvalue weighted by atomic mass is 10.2. The van der Waals surface area contributed by atoms with Crippen molar-refractivity contribution < 1.29 is 9.59 Å². The van der Waals surface area contributed by atoms with Gasteiger partial charge >= 0.3 is 6.03 Å². The maximum Gasteiger partial charge on any atom is 0.321 e. The lowest BCUT2D eigenvalue weighted by molar-refractivity contribution is -0.121. The van der Waals surface area contributed by atoms with E-state index >= 15 is 0 Å². The molecule has 0 spiro atoms. The van der Waals surface area contributed by atoms with Crippen LogP contribution in [0.4, 0.5) is 4.79 Å². The molecule has 1 atom stereocenters. The van der Waals surface area contributed by atoms with Gasteiger partial charge in [-0.15, -0.1) is 0 Å². The van der Waals surface area contributed by atoms with Gasteiger partial charge in [-0.2, -0.15) is 0 Å². The van der Waals surface area contributed by atoms with E-state index in [0.29, 0.717) is 6.54 Å². The van der Waals surface area contributed by atoms with Crippen LogP contribution in [0, 0.1) is 0 Å². The molecular formula is C10H19N3O2.